The first-order chi connectivity index (χ1) is 41.0. The van der Waals surface area contributed by atoms with Crippen LogP contribution in [0.15, 0.2) is 158 Å². The van der Waals surface area contributed by atoms with E-state index in [4.69, 9.17) is 14.2 Å². The molecule has 0 aromatic rings. The zero-order valence-corrected chi connectivity index (χ0v) is 53.7. The number of allylic oxidation sites excluding steroid dienone is 26. The quantitative estimate of drug-likeness (QED) is 0.0261. The summed E-state index contributed by atoms with van der Waals surface area (Å²) in [6, 6.07) is 0. The molecule has 0 amide bonds. The Morgan fingerprint density at radius 3 is 0.747 bits per heavy atom. The van der Waals surface area contributed by atoms with E-state index in [1.807, 2.05) is 0 Å². The molecule has 0 aromatic heterocycles. The van der Waals surface area contributed by atoms with Gasteiger partial charge in [-0.15, -0.1) is 0 Å². The van der Waals surface area contributed by atoms with Gasteiger partial charge in [-0.2, -0.15) is 0 Å². The lowest BCUT2D eigenvalue weighted by molar-refractivity contribution is -0.167. The van der Waals surface area contributed by atoms with E-state index < -0.39 is 6.10 Å². The second-order valence-electron chi connectivity index (χ2n) is 22.0. The lowest BCUT2D eigenvalue weighted by Gasteiger charge is -2.18. The minimum atomic E-state index is -0.800. The van der Waals surface area contributed by atoms with Crippen molar-refractivity contribution in [3.8, 4) is 0 Å². The lowest BCUT2D eigenvalue weighted by Crippen LogP contribution is -2.30. The van der Waals surface area contributed by atoms with Crippen LogP contribution in [0.4, 0.5) is 0 Å². The van der Waals surface area contributed by atoms with Crippen LogP contribution in [0.3, 0.4) is 0 Å². The highest BCUT2D eigenvalue weighted by Crippen LogP contribution is 2.15. The molecular formula is C77H124O6. The molecule has 6 heteroatoms. The zero-order valence-electron chi connectivity index (χ0n) is 53.7. The van der Waals surface area contributed by atoms with Gasteiger partial charge in [0.25, 0.3) is 0 Å². The second-order valence-corrected chi connectivity index (χ2v) is 22.0. The van der Waals surface area contributed by atoms with Gasteiger partial charge in [0.1, 0.15) is 13.2 Å². The number of carbonyl (C=O) groups is 3. The van der Waals surface area contributed by atoms with Crippen molar-refractivity contribution in [3.63, 3.8) is 0 Å². The van der Waals surface area contributed by atoms with E-state index in [2.05, 4.69) is 179 Å². The summed E-state index contributed by atoms with van der Waals surface area (Å²) in [7, 11) is 0. The molecule has 83 heavy (non-hydrogen) atoms. The molecule has 0 aliphatic heterocycles. The van der Waals surface area contributed by atoms with Crippen LogP contribution in [0.1, 0.15) is 290 Å². The van der Waals surface area contributed by atoms with Crippen LogP contribution in [0.2, 0.25) is 0 Å². The van der Waals surface area contributed by atoms with Gasteiger partial charge in [-0.1, -0.05) is 288 Å². The molecule has 0 aliphatic rings. The Hall–Kier alpha value is -4.97. The molecule has 0 N–H and O–H groups in total. The maximum Gasteiger partial charge on any atom is 0.306 e. The molecule has 0 radical (unpaired) electrons. The van der Waals surface area contributed by atoms with E-state index in [9.17, 15) is 14.4 Å². The largest absolute Gasteiger partial charge is 0.462 e. The first-order valence-corrected chi connectivity index (χ1v) is 34.0. The summed E-state index contributed by atoms with van der Waals surface area (Å²) in [6.07, 6.45) is 101. The topological polar surface area (TPSA) is 78.9 Å². The fourth-order valence-corrected chi connectivity index (χ4v) is 8.96. The van der Waals surface area contributed by atoms with Crippen molar-refractivity contribution in [1.82, 2.24) is 0 Å². The summed E-state index contributed by atoms with van der Waals surface area (Å²) in [6.45, 7) is 6.35. The number of unbranched alkanes of at least 4 members (excludes halogenated alkanes) is 23. The molecule has 0 bridgehead atoms. The maximum absolute atomic E-state index is 12.9. The fourth-order valence-electron chi connectivity index (χ4n) is 8.96. The van der Waals surface area contributed by atoms with Gasteiger partial charge in [0.2, 0.25) is 0 Å². The van der Waals surface area contributed by atoms with Gasteiger partial charge in [0, 0.05) is 19.3 Å². The van der Waals surface area contributed by atoms with E-state index >= 15 is 0 Å². The van der Waals surface area contributed by atoms with E-state index in [0.29, 0.717) is 19.3 Å². The van der Waals surface area contributed by atoms with Gasteiger partial charge in [-0.25, -0.2) is 0 Å². The normalized spacial score (nSPS) is 13.1. The second kappa shape index (κ2) is 69.5. The van der Waals surface area contributed by atoms with Crippen LogP contribution in [0, 0.1) is 0 Å². The summed E-state index contributed by atoms with van der Waals surface area (Å²) in [5.41, 5.74) is 0. The van der Waals surface area contributed by atoms with Crippen LogP contribution in [-0.4, -0.2) is 37.2 Å². The molecule has 1 atom stereocenters. The van der Waals surface area contributed by atoms with Gasteiger partial charge in [-0.3, -0.25) is 14.4 Å². The van der Waals surface area contributed by atoms with Gasteiger partial charge in [-0.05, 0) is 141 Å². The SMILES string of the molecule is CC/C=C\C/C=C\C/C=C\C/C=C\C/C=C\C/C=C\C/C=C\CCCCCCCC(=O)OCC(COC(=O)CCCCCCC/C=C\CCCC)OC(=O)CCCCCCCCCCCCC/C=C\C/C=C\C/C=C\C/C=C\C/C=C\CC. The van der Waals surface area contributed by atoms with Crippen molar-refractivity contribution in [2.24, 2.45) is 0 Å². The summed E-state index contributed by atoms with van der Waals surface area (Å²) in [5.74, 6) is -0.926. The molecule has 0 spiro atoms. The molecule has 0 saturated carbocycles. The summed E-state index contributed by atoms with van der Waals surface area (Å²) in [4.78, 5) is 38.4. The van der Waals surface area contributed by atoms with Crippen LogP contribution >= 0.6 is 0 Å². The molecule has 1 unspecified atom stereocenters. The van der Waals surface area contributed by atoms with Crippen molar-refractivity contribution in [2.45, 2.75) is 297 Å². The molecular weight excluding hydrogens is 1020 g/mol. The van der Waals surface area contributed by atoms with Crippen molar-refractivity contribution >= 4 is 17.9 Å². The number of rotatable bonds is 60. The third kappa shape index (κ3) is 67.7. The summed E-state index contributed by atoms with van der Waals surface area (Å²) >= 11 is 0. The number of ether oxygens (including phenoxy) is 3. The third-order valence-corrected chi connectivity index (χ3v) is 14.0. The Kier molecular flexibility index (Phi) is 65.4. The third-order valence-electron chi connectivity index (χ3n) is 14.0. The predicted octanol–water partition coefficient (Wildman–Crippen LogP) is 23.7. The van der Waals surface area contributed by atoms with E-state index in [0.717, 1.165) is 167 Å². The molecule has 6 nitrogen and oxygen atoms in total. The Labute approximate surface area is 511 Å². The first kappa shape index (κ1) is 78.0. The number of hydrogen-bond donors (Lipinski definition) is 0. The minimum Gasteiger partial charge on any atom is -0.462 e. The smallest absolute Gasteiger partial charge is 0.306 e. The standard InChI is InChI=1S/C77H124O6/c1-4-7-10-13-16-19-22-24-26-28-30-32-34-36-38-40-42-44-46-48-50-52-55-58-61-64-67-70-76(79)82-73-74(72-81-75(78)69-66-63-60-57-54-21-18-15-12-9-6-3)83-77(80)71-68-65-62-59-56-53-51-49-47-45-43-41-39-37-35-33-31-29-27-25-23-20-17-14-11-8-5-2/h7-8,10-11,15-20,24-27,30-33,36-39,42,44,48,50,74H,4-6,9,12-14,21-23,28-29,34-35,40-41,43,45-47,49,51-73H2,1-3H3/b10-7-,11-8-,18-15-,19-16-,20-17-,26-24-,27-25-,32-30-,33-31-,38-36-,39-37-,44-42-,50-48-. The van der Waals surface area contributed by atoms with E-state index in [1.54, 1.807) is 0 Å². The Balaban J connectivity index is 4.34. The average Bonchev–Trinajstić information content (AvgIpc) is 3.48. The van der Waals surface area contributed by atoms with Gasteiger partial charge < -0.3 is 14.2 Å². The highest BCUT2D eigenvalue weighted by molar-refractivity contribution is 5.71. The number of hydrogen-bond acceptors (Lipinski definition) is 6. The highest BCUT2D eigenvalue weighted by atomic mass is 16.6. The highest BCUT2D eigenvalue weighted by Gasteiger charge is 2.19. The van der Waals surface area contributed by atoms with Crippen LogP contribution in [0.5, 0.6) is 0 Å². The Morgan fingerprint density at radius 2 is 0.470 bits per heavy atom. The molecule has 0 aromatic carbocycles. The Bertz CT molecular complexity index is 1840. The van der Waals surface area contributed by atoms with E-state index in [1.165, 1.54) is 83.5 Å². The van der Waals surface area contributed by atoms with Crippen molar-refractivity contribution in [1.29, 1.82) is 0 Å². The molecule has 0 heterocycles. The molecule has 0 rings (SSSR count). The maximum atomic E-state index is 12.9. The van der Waals surface area contributed by atoms with Gasteiger partial charge in [0.05, 0.1) is 0 Å². The first-order valence-electron chi connectivity index (χ1n) is 34.0. The van der Waals surface area contributed by atoms with Gasteiger partial charge >= 0.3 is 17.9 Å². The van der Waals surface area contributed by atoms with Crippen molar-refractivity contribution in [3.05, 3.63) is 158 Å². The average molecular weight is 1150 g/mol. The minimum absolute atomic E-state index is 0.0949. The van der Waals surface area contributed by atoms with Crippen LogP contribution in [-0.2, 0) is 28.6 Å². The predicted molar refractivity (Wildman–Crippen MR) is 362 cm³/mol. The summed E-state index contributed by atoms with van der Waals surface area (Å²) in [5, 5.41) is 0. The monoisotopic (exact) mass is 1140 g/mol. The van der Waals surface area contributed by atoms with Gasteiger partial charge in [0.15, 0.2) is 6.10 Å². The fraction of sp³-hybridized carbons (Fsp3) is 0.623. The summed E-state index contributed by atoms with van der Waals surface area (Å²) < 4.78 is 16.9. The van der Waals surface area contributed by atoms with Crippen molar-refractivity contribution < 1.29 is 28.6 Å². The molecule has 0 saturated heterocycles. The van der Waals surface area contributed by atoms with Crippen LogP contribution < -0.4 is 0 Å². The van der Waals surface area contributed by atoms with E-state index in [-0.39, 0.29) is 31.1 Å². The van der Waals surface area contributed by atoms with Crippen molar-refractivity contribution in [2.75, 3.05) is 13.2 Å². The Morgan fingerprint density at radius 1 is 0.253 bits per heavy atom. The number of carbonyl (C=O) groups excluding carboxylic acids is 3. The van der Waals surface area contributed by atoms with Crippen LogP contribution in [0.25, 0.3) is 0 Å². The molecule has 0 fully saturated rings. The lowest BCUT2D eigenvalue weighted by atomic mass is 10.0. The zero-order chi connectivity index (χ0) is 59.9. The molecule has 0 aliphatic carbocycles. The molecule has 468 valence electrons. The number of esters is 3.